The highest BCUT2D eigenvalue weighted by Crippen LogP contribution is 2.17. The molecule has 0 aromatic carbocycles. The number of ether oxygens (including phenoxy) is 1. The lowest BCUT2D eigenvalue weighted by atomic mass is 10.0. The second kappa shape index (κ2) is 14.1. The van der Waals surface area contributed by atoms with Crippen LogP contribution in [0, 0.1) is 0 Å². The lowest BCUT2D eigenvalue weighted by Gasteiger charge is -2.16. The van der Waals surface area contributed by atoms with Crippen molar-refractivity contribution >= 4 is 18.0 Å². The van der Waals surface area contributed by atoms with E-state index in [4.69, 9.17) is 9.57 Å². The van der Waals surface area contributed by atoms with Crippen LogP contribution in [0.2, 0.25) is 0 Å². The number of carboxylic acids is 1. The molecule has 0 spiro atoms. The van der Waals surface area contributed by atoms with E-state index in [1.54, 1.807) is 0 Å². The normalized spacial score (nSPS) is 22.2. The Morgan fingerprint density at radius 3 is 2.71 bits per heavy atom. The molecule has 3 unspecified atom stereocenters. The predicted octanol–water partition coefficient (Wildman–Crippen LogP) is -1.02. The lowest BCUT2D eigenvalue weighted by molar-refractivity contribution is -0.139. The van der Waals surface area contributed by atoms with E-state index in [1.807, 2.05) is 6.92 Å². The van der Waals surface area contributed by atoms with Crippen LogP contribution in [0.1, 0.15) is 45.4 Å². The minimum Gasteiger partial charge on any atom is -0.480 e. The summed E-state index contributed by atoms with van der Waals surface area (Å²) in [5, 5.41) is 24.0. The second-order valence-electron chi connectivity index (χ2n) is 7.76. The van der Waals surface area contributed by atoms with Crippen LogP contribution in [0.5, 0.6) is 0 Å². The zero-order valence-corrected chi connectivity index (χ0v) is 18.1. The van der Waals surface area contributed by atoms with Crippen molar-refractivity contribution in [3.63, 3.8) is 0 Å². The van der Waals surface area contributed by atoms with Crippen LogP contribution < -0.4 is 32.1 Å². The maximum absolute atomic E-state index is 12.2. The molecule has 2 aliphatic rings. The van der Waals surface area contributed by atoms with Crippen LogP contribution in [0.15, 0.2) is 0 Å². The van der Waals surface area contributed by atoms with Gasteiger partial charge in [-0.2, -0.15) is 5.48 Å². The molecule has 12 nitrogen and oxygen atoms in total. The van der Waals surface area contributed by atoms with Gasteiger partial charge in [-0.1, -0.05) is 13.3 Å². The number of carboxylic acid groups (broad SMARTS) is 1. The highest BCUT2D eigenvalue weighted by Gasteiger charge is 2.28. The topological polar surface area (TPSA) is 162 Å². The van der Waals surface area contributed by atoms with Crippen molar-refractivity contribution in [1.29, 1.82) is 0 Å². The van der Waals surface area contributed by atoms with Crippen LogP contribution in [0.3, 0.4) is 0 Å². The molecule has 178 valence electrons. The number of alkyl carbamates (subject to hydrolysis) is 1. The summed E-state index contributed by atoms with van der Waals surface area (Å²) in [6, 6.07) is -1.08. The predicted molar refractivity (Wildman–Crippen MR) is 112 cm³/mol. The summed E-state index contributed by atoms with van der Waals surface area (Å²) < 4.78 is 4.89. The molecule has 0 radical (unpaired) electrons. The number of nitrogens with one attached hydrogen (secondary N) is 6. The van der Waals surface area contributed by atoms with Gasteiger partial charge in [0.25, 0.3) is 0 Å². The Bertz CT molecular complexity index is 574. The van der Waals surface area contributed by atoms with Gasteiger partial charge in [-0.15, -0.1) is 0 Å². The first-order chi connectivity index (χ1) is 15.0. The molecular weight excluding hydrogens is 408 g/mol. The summed E-state index contributed by atoms with van der Waals surface area (Å²) >= 11 is 0. The molecule has 31 heavy (non-hydrogen) atoms. The number of hydrogen-bond donors (Lipinski definition) is 7. The first-order valence-corrected chi connectivity index (χ1v) is 11.0. The van der Waals surface area contributed by atoms with Gasteiger partial charge < -0.3 is 20.5 Å². The lowest BCUT2D eigenvalue weighted by Crippen LogP contribution is -2.48. The van der Waals surface area contributed by atoms with Crippen LogP contribution in [0.4, 0.5) is 4.79 Å². The molecule has 0 saturated carbocycles. The number of aliphatic carboxylic acids is 1. The van der Waals surface area contributed by atoms with Crippen LogP contribution in [-0.2, 0) is 19.2 Å². The van der Waals surface area contributed by atoms with Crippen LogP contribution in [0.25, 0.3) is 0 Å². The minimum absolute atomic E-state index is 0.116. The highest BCUT2D eigenvalue weighted by molar-refractivity contribution is 5.82. The van der Waals surface area contributed by atoms with Crippen molar-refractivity contribution in [3.8, 4) is 0 Å². The Labute approximate surface area is 182 Å². The van der Waals surface area contributed by atoms with E-state index in [0.29, 0.717) is 12.8 Å². The van der Waals surface area contributed by atoms with Gasteiger partial charge in [0.15, 0.2) is 0 Å². The van der Waals surface area contributed by atoms with Crippen LogP contribution >= 0.6 is 0 Å². The van der Waals surface area contributed by atoms with Gasteiger partial charge in [-0.25, -0.2) is 9.59 Å². The number of carbonyl (C=O) groups is 3. The van der Waals surface area contributed by atoms with Crippen molar-refractivity contribution in [2.24, 2.45) is 0 Å². The maximum atomic E-state index is 12.2. The Kier molecular flexibility index (Phi) is 11.5. The van der Waals surface area contributed by atoms with E-state index >= 15 is 0 Å². The fourth-order valence-electron chi connectivity index (χ4n) is 3.34. The van der Waals surface area contributed by atoms with Crippen molar-refractivity contribution in [1.82, 2.24) is 32.1 Å². The van der Waals surface area contributed by atoms with Gasteiger partial charge in [0, 0.05) is 25.7 Å². The number of rotatable bonds is 14. The monoisotopic (exact) mass is 444 g/mol. The number of hydrogen-bond acceptors (Lipinski definition) is 9. The molecule has 2 amide bonds. The Hall–Kier alpha value is -1.99. The Morgan fingerprint density at radius 2 is 2.00 bits per heavy atom. The fourth-order valence-corrected chi connectivity index (χ4v) is 3.34. The Balaban J connectivity index is 1.58. The van der Waals surface area contributed by atoms with Crippen molar-refractivity contribution < 1.29 is 29.1 Å². The number of amides is 2. The summed E-state index contributed by atoms with van der Waals surface area (Å²) in [6.07, 6.45) is 3.36. The highest BCUT2D eigenvalue weighted by atomic mass is 16.7. The second-order valence-corrected chi connectivity index (χ2v) is 7.76. The molecule has 2 aliphatic heterocycles. The summed E-state index contributed by atoms with van der Waals surface area (Å²) in [6.45, 7) is 4.75. The molecule has 2 fully saturated rings. The number of unbranched alkanes of at least 4 members (excludes halogenated alkanes) is 1. The Morgan fingerprint density at radius 1 is 1.23 bits per heavy atom. The van der Waals surface area contributed by atoms with E-state index in [-0.39, 0.29) is 43.9 Å². The SMILES string of the molecule is CCCCOC(=O)NC(CNC(=O)CC1CC(CCCNC2NCCN2)NO1)C(=O)O. The van der Waals surface area contributed by atoms with E-state index < -0.39 is 18.1 Å². The summed E-state index contributed by atoms with van der Waals surface area (Å²) in [5.74, 6) is -1.58. The molecule has 0 bridgehead atoms. The van der Waals surface area contributed by atoms with E-state index in [0.717, 1.165) is 38.9 Å². The molecular formula is C19H36N6O6. The number of carbonyl (C=O) groups excluding carboxylic acids is 2. The molecule has 3 atom stereocenters. The van der Waals surface area contributed by atoms with Gasteiger partial charge in [-0.05, 0) is 32.2 Å². The van der Waals surface area contributed by atoms with E-state index in [9.17, 15) is 19.5 Å². The average Bonchev–Trinajstić information content (AvgIpc) is 3.40. The van der Waals surface area contributed by atoms with Gasteiger partial charge in [0.1, 0.15) is 12.3 Å². The summed E-state index contributed by atoms with van der Waals surface area (Å²) in [5.41, 5.74) is 2.97. The third-order valence-corrected chi connectivity index (χ3v) is 5.09. The smallest absolute Gasteiger partial charge is 0.407 e. The van der Waals surface area contributed by atoms with Crippen molar-refractivity contribution in [2.45, 2.75) is 69.9 Å². The standard InChI is InChI=1S/C19H36N6O6/c1-2-3-9-30-19(29)24-15(17(27)28)12-23-16(26)11-14-10-13(25-31-14)5-4-6-20-18-21-7-8-22-18/h13-15,18,20-22,25H,2-12H2,1H3,(H,23,26)(H,24,29)(H,27,28). The van der Waals surface area contributed by atoms with Crippen molar-refractivity contribution in [2.75, 3.05) is 32.8 Å². The molecule has 2 saturated heterocycles. The first kappa shape index (κ1) is 25.3. The third kappa shape index (κ3) is 10.2. The van der Waals surface area contributed by atoms with Crippen LogP contribution in [-0.4, -0.2) is 80.3 Å². The maximum Gasteiger partial charge on any atom is 0.407 e. The molecule has 2 heterocycles. The quantitative estimate of drug-likeness (QED) is 0.165. The van der Waals surface area contributed by atoms with E-state index in [1.165, 1.54) is 0 Å². The zero-order chi connectivity index (χ0) is 22.5. The molecule has 0 aromatic rings. The summed E-state index contributed by atoms with van der Waals surface area (Å²) in [4.78, 5) is 40.6. The molecule has 7 N–H and O–H groups in total. The zero-order valence-electron chi connectivity index (χ0n) is 18.1. The van der Waals surface area contributed by atoms with Gasteiger partial charge in [-0.3, -0.25) is 25.6 Å². The number of hydroxylamine groups is 1. The summed E-state index contributed by atoms with van der Waals surface area (Å²) in [7, 11) is 0. The molecule has 0 aromatic heterocycles. The van der Waals surface area contributed by atoms with Gasteiger partial charge in [0.05, 0.1) is 19.1 Å². The largest absolute Gasteiger partial charge is 0.480 e. The molecule has 12 heteroatoms. The van der Waals surface area contributed by atoms with E-state index in [2.05, 4.69) is 32.1 Å². The first-order valence-electron chi connectivity index (χ1n) is 11.0. The minimum atomic E-state index is -1.26. The van der Waals surface area contributed by atoms with Crippen molar-refractivity contribution in [3.05, 3.63) is 0 Å². The third-order valence-electron chi connectivity index (χ3n) is 5.09. The molecule has 0 aliphatic carbocycles. The average molecular weight is 445 g/mol. The fraction of sp³-hybridized carbons (Fsp3) is 0.842. The van der Waals surface area contributed by atoms with Gasteiger partial charge >= 0.3 is 12.1 Å². The molecule has 2 rings (SSSR count). The van der Waals surface area contributed by atoms with Gasteiger partial charge in [0.2, 0.25) is 5.91 Å².